The lowest BCUT2D eigenvalue weighted by Gasteiger charge is -2.37. The molecule has 1 saturated heterocycles. The SMILES string of the molecule is CC(C(=O)N1CCN(C(=O)c2ccccc2O)CC1)C(N)c1ccccc1. The highest BCUT2D eigenvalue weighted by atomic mass is 16.3. The van der Waals surface area contributed by atoms with Crippen molar-refractivity contribution in [2.45, 2.75) is 13.0 Å². The second-order valence-corrected chi connectivity index (χ2v) is 6.86. The van der Waals surface area contributed by atoms with Gasteiger partial charge in [0.05, 0.1) is 11.5 Å². The molecule has 0 bridgehead atoms. The van der Waals surface area contributed by atoms with Crippen molar-refractivity contribution in [2.75, 3.05) is 26.2 Å². The average Bonchev–Trinajstić information content (AvgIpc) is 2.73. The molecule has 2 unspecified atom stereocenters. The van der Waals surface area contributed by atoms with E-state index >= 15 is 0 Å². The van der Waals surface area contributed by atoms with Gasteiger partial charge in [0.15, 0.2) is 0 Å². The molecular weight excluding hydrogens is 342 g/mol. The van der Waals surface area contributed by atoms with Crippen molar-refractivity contribution in [3.63, 3.8) is 0 Å². The number of benzene rings is 2. The maximum Gasteiger partial charge on any atom is 0.257 e. The molecule has 2 atom stereocenters. The van der Waals surface area contributed by atoms with Gasteiger partial charge in [0, 0.05) is 32.2 Å². The van der Waals surface area contributed by atoms with Gasteiger partial charge in [-0.25, -0.2) is 0 Å². The van der Waals surface area contributed by atoms with E-state index in [-0.39, 0.29) is 35.1 Å². The van der Waals surface area contributed by atoms with Crippen LogP contribution in [-0.2, 0) is 4.79 Å². The Balaban J connectivity index is 1.59. The lowest BCUT2D eigenvalue weighted by atomic mass is 9.94. The summed E-state index contributed by atoms with van der Waals surface area (Å²) in [6, 6.07) is 15.7. The average molecular weight is 367 g/mol. The molecule has 0 aromatic heterocycles. The summed E-state index contributed by atoms with van der Waals surface area (Å²) in [5, 5.41) is 9.87. The molecule has 0 spiro atoms. The fraction of sp³-hybridized carbons (Fsp3) is 0.333. The number of hydrogen-bond donors (Lipinski definition) is 2. The zero-order chi connectivity index (χ0) is 19.4. The van der Waals surface area contributed by atoms with Gasteiger partial charge in [0.1, 0.15) is 5.75 Å². The number of piperazine rings is 1. The van der Waals surface area contributed by atoms with Gasteiger partial charge in [-0.3, -0.25) is 9.59 Å². The Morgan fingerprint density at radius 3 is 2.11 bits per heavy atom. The van der Waals surface area contributed by atoms with Gasteiger partial charge in [-0.2, -0.15) is 0 Å². The lowest BCUT2D eigenvalue weighted by Crippen LogP contribution is -2.52. The highest BCUT2D eigenvalue weighted by Gasteiger charge is 2.30. The smallest absolute Gasteiger partial charge is 0.257 e. The normalized spacial score (nSPS) is 16.7. The van der Waals surface area contributed by atoms with Crippen molar-refractivity contribution in [1.82, 2.24) is 9.80 Å². The highest BCUT2D eigenvalue weighted by Crippen LogP contribution is 2.23. The van der Waals surface area contributed by atoms with Crippen LogP contribution in [-0.4, -0.2) is 52.9 Å². The number of phenolic OH excluding ortho intramolecular Hbond substituents is 1. The molecular formula is C21H25N3O3. The molecule has 1 fully saturated rings. The summed E-state index contributed by atoms with van der Waals surface area (Å²) in [5.41, 5.74) is 7.50. The fourth-order valence-corrected chi connectivity index (χ4v) is 3.36. The van der Waals surface area contributed by atoms with Crippen LogP contribution in [0.25, 0.3) is 0 Å². The van der Waals surface area contributed by atoms with Gasteiger partial charge in [-0.1, -0.05) is 49.4 Å². The van der Waals surface area contributed by atoms with Gasteiger partial charge in [0.2, 0.25) is 5.91 Å². The van der Waals surface area contributed by atoms with Crippen molar-refractivity contribution >= 4 is 11.8 Å². The van der Waals surface area contributed by atoms with Crippen LogP contribution in [0, 0.1) is 5.92 Å². The van der Waals surface area contributed by atoms with Gasteiger partial charge < -0.3 is 20.6 Å². The minimum Gasteiger partial charge on any atom is -0.507 e. The van der Waals surface area contributed by atoms with Crippen LogP contribution in [0.2, 0.25) is 0 Å². The maximum atomic E-state index is 12.8. The van der Waals surface area contributed by atoms with E-state index in [2.05, 4.69) is 0 Å². The third-order valence-electron chi connectivity index (χ3n) is 5.13. The second kappa shape index (κ2) is 8.22. The Morgan fingerprint density at radius 1 is 0.926 bits per heavy atom. The number of hydrogen-bond acceptors (Lipinski definition) is 4. The molecule has 142 valence electrons. The summed E-state index contributed by atoms with van der Waals surface area (Å²) in [7, 11) is 0. The van der Waals surface area contributed by atoms with E-state index < -0.39 is 0 Å². The largest absolute Gasteiger partial charge is 0.507 e. The molecule has 1 heterocycles. The zero-order valence-corrected chi connectivity index (χ0v) is 15.4. The Kier molecular flexibility index (Phi) is 5.76. The predicted molar refractivity (Wildman–Crippen MR) is 103 cm³/mol. The Morgan fingerprint density at radius 2 is 1.48 bits per heavy atom. The number of rotatable bonds is 4. The van der Waals surface area contributed by atoms with Crippen molar-refractivity contribution in [2.24, 2.45) is 11.7 Å². The maximum absolute atomic E-state index is 12.8. The Labute approximate surface area is 159 Å². The van der Waals surface area contributed by atoms with E-state index in [0.29, 0.717) is 26.2 Å². The molecule has 6 heteroatoms. The first kappa shape index (κ1) is 18.9. The van der Waals surface area contributed by atoms with Crippen LogP contribution in [0.15, 0.2) is 54.6 Å². The summed E-state index contributed by atoms with van der Waals surface area (Å²) >= 11 is 0. The Hall–Kier alpha value is -2.86. The predicted octanol–water partition coefficient (Wildman–Crippen LogP) is 2.01. The van der Waals surface area contributed by atoms with Gasteiger partial charge in [-0.15, -0.1) is 0 Å². The summed E-state index contributed by atoms with van der Waals surface area (Å²) in [6.07, 6.45) is 0. The van der Waals surface area contributed by atoms with Crippen molar-refractivity contribution < 1.29 is 14.7 Å². The van der Waals surface area contributed by atoms with Gasteiger partial charge in [0.25, 0.3) is 5.91 Å². The number of para-hydroxylation sites is 1. The molecule has 3 N–H and O–H groups in total. The second-order valence-electron chi connectivity index (χ2n) is 6.86. The quantitative estimate of drug-likeness (QED) is 0.865. The molecule has 27 heavy (non-hydrogen) atoms. The van der Waals surface area contributed by atoms with E-state index in [4.69, 9.17) is 5.73 Å². The third kappa shape index (κ3) is 4.11. The standard InChI is InChI=1S/C21H25N3O3/c1-15(19(22)16-7-3-2-4-8-16)20(26)23-11-13-24(14-12-23)21(27)17-9-5-6-10-18(17)25/h2-10,15,19,25H,11-14,22H2,1H3. The molecule has 2 aromatic rings. The van der Waals surface area contributed by atoms with Crippen LogP contribution in [0.4, 0.5) is 0 Å². The summed E-state index contributed by atoms with van der Waals surface area (Å²) in [5.74, 6) is -0.577. The van der Waals surface area contributed by atoms with E-state index in [0.717, 1.165) is 5.56 Å². The number of carbonyl (C=O) groups excluding carboxylic acids is 2. The summed E-state index contributed by atoms with van der Waals surface area (Å²) in [6.45, 7) is 3.64. The molecule has 1 aliphatic heterocycles. The molecule has 2 aromatic carbocycles. The van der Waals surface area contributed by atoms with Crippen molar-refractivity contribution in [3.8, 4) is 5.75 Å². The summed E-state index contributed by atoms with van der Waals surface area (Å²) in [4.78, 5) is 28.8. The minimum atomic E-state index is -0.361. The number of aromatic hydroxyl groups is 1. The van der Waals surface area contributed by atoms with Crippen molar-refractivity contribution in [1.29, 1.82) is 0 Å². The van der Waals surface area contributed by atoms with Crippen LogP contribution >= 0.6 is 0 Å². The van der Waals surface area contributed by atoms with Crippen LogP contribution in [0.5, 0.6) is 5.75 Å². The molecule has 3 rings (SSSR count). The highest BCUT2D eigenvalue weighted by molar-refractivity contribution is 5.97. The minimum absolute atomic E-state index is 0.000936. The summed E-state index contributed by atoms with van der Waals surface area (Å²) < 4.78 is 0. The van der Waals surface area contributed by atoms with E-state index in [1.165, 1.54) is 6.07 Å². The first-order valence-electron chi connectivity index (χ1n) is 9.15. The van der Waals surface area contributed by atoms with Crippen LogP contribution in [0.3, 0.4) is 0 Å². The van der Waals surface area contributed by atoms with E-state index in [1.54, 1.807) is 28.0 Å². The van der Waals surface area contributed by atoms with Crippen LogP contribution in [0.1, 0.15) is 28.9 Å². The van der Waals surface area contributed by atoms with Gasteiger partial charge in [-0.05, 0) is 17.7 Å². The zero-order valence-electron chi connectivity index (χ0n) is 15.4. The van der Waals surface area contributed by atoms with E-state index in [1.807, 2.05) is 37.3 Å². The van der Waals surface area contributed by atoms with Crippen LogP contribution < -0.4 is 5.73 Å². The Bertz CT molecular complexity index is 801. The molecule has 1 aliphatic rings. The van der Waals surface area contributed by atoms with Crippen molar-refractivity contribution in [3.05, 3.63) is 65.7 Å². The first-order chi connectivity index (χ1) is 13.0. The number of nitrogens with two attached hydrogens (primary N) is 1. The molecule has 0 saturated carbocycles. The monoisotopic (exact) mass is 367 g/mol. The third-order valence-corrected chi connectivity index (χ3v) is 5.13. The lowest BCUT2D eigenvalue weighted by molar-refractivity contribution is -0.137. The molecule has 6 nitrogen and oxygen atoms in total. The number of nitrogens with zero attached hydrogens (tertiary/aromatic N) is 2. The topological polar surface area (TPSA) is 86.9 Å². The van der Waals surface area contributed by atoms with Gasteiger partial charge >= 0.3 is 0 Å². The number of phenols is 1. The first-order valence-corrected chi connectivity index (χ1v) is 9.15. The molecule has 0 radical (unpaired) electrons. The number of amides is 2. The molecule has 2 amide bonds. The fourth-order valence-electron chi connectivity index (χ4n) is 3.36. The van der Waals surface area contributed by atoms with E-state index in [9.17, 15) is 14.7 Å². The molecule has 0 aliphatic carbocycles. The number of carbonyl (C=O) groups is 2.